The van der Waals surface area contributed by atoms with Crippen LogP contribution in [0.3, 0.4) is 0 Å². The maximum Gasteiger partial charge on any atom is 0.150 e. The van der Waals surface area contributed by atoms with E-state index in [0.29, 0.717) is 6.54 Å². The van der Waals surface area contributed by atoms with Crippen molar-refractivity contribution in [1.82, 2.24) is 19.7 Å². The second kappa shape index (κ2) is 6.31. The van der Waals surface area contributed by atoms with Crippen molar-refractivity contribution in [3.05, 3.63) is 35.7 Å². The topological polar surface area (TPSA) is 55.6 Å². The number of anilines is 1. The van der Waals surface area contributed by atoms with Gasteiger partial charge in [0.25, 0.3) is 0 Å². The second-order valence-electron chi connectivity index (χ2n) is 4.38. The zero-order chi connectivity index (χ0) is 13.7. The molecule has 0 spiro atoms. The Kier molecular flexibility index (Phi) is 4.49. The lowest BCUT2D eigenvalue weighted by molar-refractivity contribution is 0.627. The number of nitrogens with one attached hydrogen (secondary N) is 1. The number of pyridine rings is 1. The molecule has 1 N–H and O–H groups in total. The maximum absolute atomic E-state index is 4.52. The number of aryl methyl sites for hydroxylation is 2. The van der Waals surface area contributed by atoms with Gasteiger partial charge in [-0.2, -0.15) is 5.10 Å². The molecule has 19 heavy (non-hydrogen) atoms. The Labute approximate surface area is 114 Å². The SMILES string of the molecule is CCNc1ccnc(Cn2nc(CC)nc2CC)c1. The van der Waals surface area contributed by atoms with Crippen LogP contribution in [0.2, 0.25) is 0 Å². The molecular formula is C14H21N5. The van der Waals surface area contributed by atoms with E-state index in [0.717, 1.165) is 42.4 Å². The summed E-state index contributed by atoms with van der Waals surface area (Å²) in [5.41, 5.74) is 2.10. The average molecular weight is 259 g/mol. The highest BCUT2D eigenvalue weighted by Crippen LogP contribution is 2.10. The van der Waals surface area contributed by atoms with Crippen LogP contribution in [0.15, 0.2) is 18.3 Å². The van der Waals surface area contributed by atoms with E-state index in [1.165, 1.54) is 0 Å². The molecule has 2 rings (SSSR count). The van der Waals surface area contributed by atoms with Gasteiger partial charge in [0.1, 0.15) is 5.82 Å². The van der Waals surface area contributed by atoms with Gasteiger partial charge in [0.2, 0.25) is 0 Å². The Hall–Kier alpha value is -1.91. The number of rotatable bonds is 6. The van der Waals surface area contributed by atoms with Crippen LogP contribution in [0.25, 0.3) is 0 Å². The van der Waals surface area contributed by atoms with Gasteiger partial charge in [0.05, 0.1) is 12.2 Å². The van der Waals surface area contributed by atoms with Gasteiger partial charge in [-0.05, 0) is 19.1 Å². The fourth-order valence-corrected chi connectivity index (χ4v) is 2.00. The van der Waals surface area contributed by atoms with Gasteiger partial charge in [-0.15, -0.1) is 0 Å². The largest absolute Gasteiger partial charge is 0.385 e. The molecule has 0 amide bonds. The fourth-order valence-electron chi connectivity index (χ4n) is 2.00. The first-order valence-corrected chi connectivity index (χ1v) is 6.88. The zero-order valence-electron chi connectivity index (χ0n) is 11.8. The summed E-state index contributed by atoms with van der Waals surface area (Å²) >= 11 is 0. The van der Waals surface area contributed by atoms with Crippen LogP contribution in [-0.2, 0) is 19.4 Å². The molecular weight excluding hydrogens is 238 g/mol. The highest BCUT2D eigenvalue weighted by molar-refractivity contribution is 5.42. The van der Waals surface area contributed by atoms with Crippen LogP contribution < -0.4 is 5.32 Å². The Morgan fingerprint density at radius 1 is 1.21 bits per heavy atom. The molecule has 0 aliphatic heterocycles. The molecule has 0 saturated heterocycles. The van der Waals surface area contributed by atoms with Crippen molar-refractivity contribution < 1.29 is 0 Å². The Morgan fingerprint density at radius 2 is 2.05 bits per heavy atom. The standard InChI is InChI=1S/C14H21N5/c1-4-13-17-14(5-2)19(18-13)10-12-9-11(15-6-3)7-8-16-12/h7-9H,4-6,10H2,1-3H3,(H,15,16). The molecule has 0 atom stereocenters. The molecule has 0 radical (unpaired) electrons. The summed E-state index contributed by atoms with van der Waals surface area (Å²) in [6.07, 6.45) is 3.58. The van der Waals surface area contributed by atoms with Crippen LogP contribution in [-0.4, -0.2) is 26.3 Å². The van der Waals surface area contributed by atoms with Crippen LogP contribution >= 0.6 is 0 Å². The average Bonchev–Trinajstić information content (AvgIpc) is 2.82. The van der Waals surface area contributed by atoms with Crippen LogP contribution in [0.5, 0.6) is 0 Å². The van der Waals surface area contributed by atoms with Crippen molar-refractivity contribution in [2.75, 3.05) is 11.9 Å². The van der Waals surface area contributed by atoms with Gasteiger partial charge >= 0.3 is 0 Å². The van der Waals surface area contributed by atoms with E-state index < -0.39 is 0 Å². The van der Waals surface area contributed by atoms with Crippen LogP contribution in [0.1, 0.15) is 38.1 Å². The van der Waals surface area contributed by atoms with Crippen molar-refractivity contribution in [2.45, 2.75) is 40.2 Å². The quantitative estimate of drug-likeness (QED) is 0.864. The number of nitrogens with zero attached hydrogens (tertiary/aromatic N) is 4. The van der Waals surface area contributed by atoms with Crippen LogP contribution in [0.4, 0.5) is 5.69 Å². The van der Waals surface area contributed by atoms with E-state index in [4.69, 9.17) is 0 Å². The predicted molar refractivity (Wildman–Crippen MR) is 76.3 cm³/mol. The zero-order valence-corrected chi connectivity index (χ0v) is 11.8. The molecule has 0 fully saturated rings. The summed E-state index contributed by atoms with van der Waals surface area (Å²) in [7, 11) is 0. The first-order valence-electron chi connectivity index (χ1n) is 6.88. The fraction of sp³-hybridized carbons (Fsp3) is 0.500. The van der Waals surface area contributed by atoms with E-state index in [9.17, 15) is 0 Å². The summed E-state index contributed by atoms with van der Waals surface area (Å²) in [6, 6.07) is 4.04. The van der Waals surface area contributed by atoms with E-state index in [1.54, 1.807) is 0 Å². The molecule has 0 saturated carbocycles. The highest BCUT2D eigenvalue weighted by Gasteiger charge is 2.08. The first-order chi connectivity index (χ1) is 9.26. The molecule has 2 aromatic rings. The summed E-state index contributed by atoms with van der Waals surface area (Å²) in [4.78, 5) is 8.91. The minimum Gasteiger partial charge on any atom is -0.385 e. The van der Waals surface area contributed by atoms with Crippen molar-refractivity contribution in [3.63, 3.8) is 0 Å². The van der Waals surface area contributed by atoms with E-state index >= 15 is 0 Å². The minimum atomic E-state index is 0.676. The van der Waals surface area contributed by atoms with Crippen molar-refractivity contribution in [2.24, 2.45) is 0 Å². The van der Waals surface area contributed by atoms with Crippen LogP contribution in [0, 0.1) is 0 Å². The molecule has 0 aromatic carbocycles. The third-order valence-corrected chi connectivity index (χ3v) is 2.93. The van der Waals surface area contributed by atoms with E-state index in [2.05, 4.69) is 47.2 Å². The Morgan fingerprint density at radius 3 is 2.74 bits per heavy atom. The van der Waals surface area contributed by atoms with Crippen molar-refractivity contribution >= 4 is 5.69 Å². The molecule has 102 valence electrons. The van der Waals surface area contributed by atoms with Gasteiger partial charge in [-0.1, -0.05) is 13.8 Å². The van der Waals surface area contributed by atoms with Gasteiger partial charge in [-0.25, -0.2) is 9.67 Å². The molecule has 0 unspecified atom stereocenters. The normalized spacial score (nSPS) is 10.7. The third kappa shape index (κ3) is 3.30. The first kappa shape index (κ1) is 13.5. The van der Waals surface area contributed by atoms with Gasteiger partial charge in [-0.3, -0.25) is 4.98 Å². The molecule has 0 aliphatic carbocycles. The molecule has 0 bridgehead atoms. The van der Waals surface area contributed by atoms with Crippen molar-refractivity contribution in [1.29, 1.82) is 0 Å². The number of aromatic nitrogens is 4. The van der Waals surface area contributed by atoms with Gasteiger partial charge < -0.3 is 5.32 Å². The van der Waals surface area contributed by atoms with Gasteiger partial charge in [0, 0.05) is 31.3 Å². The molecule has 2 aromatic heterocycles. The van der Waals surface area contributed by atoms with Gasteiger partial charge in [0.15, 0.2) is 5.82 Å². The Bertz CT molecular complexity index is 532. The summed E-state index contributed by atoms with van der Waals surface area (Å²) in [5.74, 6) is 1.92. The monoisotopic (exact) mass is 259 g/mol. The molecule has 5 heteroatoms. The minimum absolute atomic E-state index is 0.676. The molecule has 0 aliphatic rings. The lowest BCUT2D eigenvalue weighted by Crippen LogP contribution is -2.08. The second-order valence-corrected chi connectivity index (χ2v) is 4.38. The summed E-state index contributed by atoms with van der Waals surface area (Å²) in [6.45, 7) is 7.84. The smallest absolute Gasteiger partial charge is 0.150 e. The van der Waals surface area contributed by atoms with Crippen molar-refractivity contribution in [3.8, 4) is 0 Å². The lowest BCUT2D eigenvalue weighted by Gasteiger charge is -2.07. The number of hydrogen-bond acceptors (Lipinski definition) is 4. The number of hydrogen-bond donors (Lipinski definition) is 1. The summed E-state index contributed by atoms with van der Waals surface area (Å²) in [5, 5.41) is 7.81. The Balaban J connectivity index is 2.20. The van der Waals surface area contributed by atoms with E-state index in [1.807, 2.05) is 16.9 Å². The molecule has 5 nitrogen and oxygen atoms in total. The van der Waals surface area contributed by atoms with E-state index in [-0.39, 0.29) is 0 Å². The summed E-state index contributed by atoms with van der Waals surface area (Å²) < 4.78 is 1.96. The third-order valence-electron chi connectivity index (χ3n) is 2.93. The maximum atomic E-state index is 4.52. The highest BCUT2D eigenvalue weighted by atomic mass is 15.3. The molecule has 2 heterocycles. The predicted octanol–water partition coefficient (Wildman–Crippen LogP) is 2.28. The lowest BCUT2D eigenvalue weighted by atomic mass is 10.3.